The molecule has 2 atom stereocenters. The molecule has 0 aromatic rings. The Labute approximate surface area is 110 Å². The third-order valence-electron chi connectivity index (χ3n) is 3.24. The topological polar surface area (TPSA) is 66.5 Å². The van der Waals surface area contributed by atoms with Crippen molar-refractivity contribution in [3.05, 3.63) is 0 Å². The molecule has 0 aromatic heterocycles. The maximum absolute atomic E-state index is 11.9. The molecule has 0 saturated carbocycles. The van der Waals surface area contributed by atoms with Gasteiger partial charge in [0.1, 0.15) is 9.84 Å². The summed E-state index contributed by atoms with van der Waals surface area (Å²) in [6.07, 6.45) is 3.90. The van der Waals surface area contributed by atoms with Crippen molar-refractivity contribution in [1.29, 1.82) is 0 Å². The second-order valence-electron chi connectivity index (χ2n) is 5.46. The fourth-order valence-electron chi connectivity index (χ4n) is 2.14. The Hall–Kier alpha value is -0.780. The summed E-state index contributed by atoms with van der Waals surface area (Å²) in [6.45, 7) is 5.59. The van der Waals surface area contributed by atoms with Crippen LogP contribution in [0.1, 0.15) is 33.1 Å². The first kappa shape index (κ1) is 15.3. The van der Waals surface area contributed by atoms with Gasteiger partial charge in [-0.3, -0.25) is 0 Å². The minimum absolute atomic E-state index is 0.0671. The summed E-state index contributed by atoms with van der Waals surface area (Å²) >= 11 is 0. The van der Waals surface area contributed by atoms with Gasteiger partial charge in [-0.25, -0.2) is 13.2 Å². The predicted octanol–water partition coefficient (Wildman–Crippen LogP) is 1.25. The van der Waals surface area contributed by atoms with Gasteiger partial charge in [0, 0.05) is 25.4 Å². The number of sulfone groups is 1. The van der Waals surface area contributed by atoms with Crippen molar-refractivity contribution in [3.8, 4) is 0 Å². The highest BCUT2D eigenvalue weighted by molar-refractivity contribution is 7.90. The second kappa shape index (κ2) is 6.41. The van der Waals surface area contributed by atoms with E-state index in [1.54, 1.807) is 0 Å². The average Bonchev–Trinajstić information content (AvgIpc) is 2.25. The van der Waals surface area contributed by atoms with Gasteiger partial charge in [0.2, 0.25) is 0 Å². The van der Waals surface area contributed by atoms with E-state index in [1.165, 1.54) is 12.7 Å². The van der Waals surface area contributed by atoms with Crippen molar-refractivity contribution in [2.45, 2.75) is 39.2 Å². The van der Waals surface area contributed by atoms with Crippen LogP contribution in [0, 0.1) is 5.92 Å². The van der Waals surface area contributed by atoms with E-state index in [4.69, 9.17) is 0 Å². The predicted molar refractivity (Wildman–Crippen MR) is 72.3 cm³/mol. The van der Waals surface area contributed by atoms with Crippen molar-refractivity contribution in [1.82, 2.24) is 10.2 Å². The van der Waals surface area contributed by atoms with E-state index in [1.807, 2.05) is 11.8 Å². The van der Waals surface area contributed by atoms with Gasteiger partial charge in [0.15, 0.2) is 0 Å². The van der Waals surface area contributed by atoms with Gasteiger partial charge in [-0.2, -0.15) is 0 Å². The van der Waals surface area contributed by atoms with Crippen molar-refractivity contribution in [2.75, 3.05) is 25.1 Å². The molecule has 0 bridgehead atoms. The lowest BCUT2D eigenvalue weighted by Crippen LogP contribution is -2.47. The molecule has 1 N–H and O–H groups in total. The zero-order chi connectivity index (χ0) is 13.8. The fourth-order valence-corrected chi connectivity index (χ4v) is 2.92. The molecular formula is C12H24N2O3S. The van der Waals surface area contributed by atoms with Crippen molar-refractivity contribution >= 4 is 15.9 Å². The summed E-state index contributed by atoms with van der Waals surface area (Å²) in [5, 5.41) is 2.87. The zero-order valence-corrected chi connectivity index (χ0v) is 12.3. The Morgan fingerprint density at radius 1 is 1.50 bits per heavy atom. The minimum atomic E-state index is -2.95. The first-order valence-corrected chi connectivity index (χ1v) is 8.57. The third kappa shape index (κ3) is 5.71. The second-order valence-corrected chi connectivity index (χ2v) is 7.72. The summed E-state index contributed by atoms with van der Waals surface area (Å²) in [4.78, 5) is 13.8. The van der Waals surface area contributed by atoms with Gasteiger partial charge in [-0.05, 0) is 32.1 Å². The fraction of sp³-hybridized carbons (Fsp3) is 0.917. The van der Waals surface area contributed by atoms with Gasteiger partial charge in [-0.1, -0.05) is 6.92 Å². The number of rotatable bonds is 4. The lowest BCUT2D eigenvalue weighted by atomic mass is 10.0. The SMILES string of the molecule is C[C@H]1CCCN(C(=O)N[C@H](C)CCS(C)(=O)=O)C1. The first-order chi connectivity index (χ1) is 8.28. The van der Waals surface area contributed by atoms with Crippen molar-refractivity contribution in [2.24, 2.45) is 5.92 Å². The van der Waals surface area contributed by atoms with E-state index in [0.29, 0.717) is 12.3 Å². The van der Waals surface area contributed by atoms with Crippen LogP contribution in [0.15, 0.2) is 0 Å². The number of urea groups is 1. The van der Waals surface area contributed by atoms with E-state index >= 15 is 0 Å². The van der Waals surface area contributed by atoms with Crippen LogP contribution in [0.4, 0.5) is 4.79 Å². The zero-order valence-electron chi connectivity index (χ0n) is 11.5. The molecule has 2 amide bonds. The van der Waals surface area contributed by atoms with Gasteiger partial charge < -0.3 is 10.2 Å². The van der Waals surface area contributed by atoms with E-state index in [0.717, 1.165) is 19.5 Å². The van der Waals surface area contributed by atoms with E-state index in [-0.39, 0.29) is 17.8 Å². The number of carbonyl (C=O) groups excluding carboxylic acids is 1. The molecule has 0 spiro atoms. The van der Waals surface area contributed by atoms with Crippen LogP contribution in [0.3, 0.4) is 0 Å². The van der Waals surface area contributed by atoms with Crippen molar-refractivity contribution < 1.29 is 13.2 Å². The minimum Gasteiger partial charge on any atom is -0.336 e. The molecule has 1 aliphatic heterocycles. The van der Waals surface area contributed by atoms with Gasteiger partial charge in [0.05, 0.1) is 5.75 Å². The molecule has 1 rings (SSSR count). The summed E-state index contributed by atoms with van der Waals surface area (Å²) in [6, 6.07) is -0.174. The first-order valence-electron chi connectivity index (χ1n) is 6.51. The summed E-state index contributed by atoms with van der Waals surface area (Å²) in [5.41, 5.74) is 0. The maximum Gasteiger partial charge on any atom is 0.317 e. The number of carbonyl (C=O) groups is 1. The molecule has 1 aliphatic rings. The molecule has 5 nitrogen and oxygen atoms in total. The number of likely N-dealkylation sites (tertiary alicyclic amines) is 1. The van der Waals surface area contributed by atoms with Crippen LogP contribution in [0.25, 0.3) is 0 Å². The van der Waals surface area contributed by atoms with Crippen LogP contribution < -0.4 is 5.32 Å². The number of nitrogens with one attached hydrogen (secondary N) is 1. The van der Waals surface area contributed by atoms with Crippen LogP contribution in [-0.4, -0.2) is 50.5 Å². The maximum atomic E-state index is 11.9. The highest BCUT2D eigenvalue weighted by Gasteiger charge is 2.21. The Morgan fingerprint density at radius 3 is 2.72 bits per heavy atom. The van der Waals surface area contributed by atoms with Crippen LogP contribution in [-0.2, 0) is 9.84 Å². The summed E-state index contributed by atoms with van der Waals surface area (Å²) < 4.78 is 22.1. The largest absolute Gasteiger partial charge is 0.336 e. The standard InChI is InChI=1S/C12H24N2O3S/c1-10-5-4-7-14(9-10)12(15)13-11(2)6-8-18(3,16)17/h10-11H,4-9H2,1-3H3,(H,13,15)/t10-,11+/m0/s1. The monoisotopic (exact) mass is 276 g/mol. The van der Waals surface area contributed by atoms with Crippen LogP contribution >= 0.6 is 0 Å². The molecule has 0 radical (unpaired) electrons. The molecule has 106 valence electrons. The number of amides is 2. The Bertz CT molecular complexity index is 381. The highest BCUT2D eigenvalue weighted by atomic mass is 32.2. The highest BCUT2D eigenvalue weighted by Crippen LogP contribution is 2.15. The normalized spacial score (nSPS) is 22.6. The Kier molecular flexibility index (Phi) is 5.44. The molecule has 1 fully saturated rings. The van der Waals surface area contributed by atoms with E-state index in [9.17, 15) is 13.2 Å². The van der Waals surface area contributed by atoms with Crippen LogP contribution in [0.5, 0.6) is 0 Å². The lowest BCUT2D eigenvalue weighted by Gasteiger charge is -2.32. The summed E-state index contributed by atoms with van der Waals surface area (Å²) in [7, 11) is -2.95. The Morgan fingerprint density at radius 2 is 2.17 bits per heavy atom. The molecule has 18 heavy (non-hydrogen) atoms. The Balaban J connectivity index is 2.34. The lowest BCUT2D eigenvalue weighted by molar-refractivity contribution is 0.167. The van der Waals surface area contributed by atoms with E-state index < -0.39 is 9.84 Å². The molecule has 0 unspecified atom stereocenters. The number of hydrogen-bond acceptors (Lipinski definition) is 3. The molecule has 0 aromatic carbocycles. The van der Waals surface area contributed by atoms with Crippen molar-refractivity contribution in [3.63, 3.8) is 0 Å². The average molecular weight is 276 g/mol. The number of nitrogens with zero attached hydrogens (tertiary/aromatic N) is 1. The smallest absolute Gasteiger partial charge is 0.317 e. The molecule has 0 aliphatic carbocycles. The van der Waals surface area contributed by atoms with Crippen LogP contribution in [0.2, 0.25) is 0 Å². The third-order valence-corrected chi connectivity index (χ3v) is 4.21. The quantitative estimate of drug-likeness (QED) is 0.840. The molecule has 6 heteroatoms. The van der Waals surface area contributed by atoms with Gasteiger partial charge >= 0.3 is 6.03 Å². The summed E-state index contributed by atoms with van der Waals surface area (Å²) in [5.74, 6) is 0.668. The molecular weight excluding hydrogens is 252 g/mol. The van der Waals surface area contributed by atoms with Gasteiger partial charge in [-0.15, -0.1) is 0 Å². The molecule has 1 saturated heterocycles. The van der Waals surface area contributed by atoms with Gasteiger partial charge in [0.25, 0.3) is 0 Å². The molecule has 1 heterocycles. The number of hydrogen-bond donors (Lipinski definition) is 1. The van der Waals surface area contributed by atoms with E-state index in [2.05, 4.69) is 12.2 Å². The number of piperidine rings is 1.